The van der Waals surface area contributed by atoms with Gasteiger partial charge in [-0.2, -0.15) is 0 Å². The minimum absolute atomic E-state index is 0.00815. The molecule has 1 N–H and O–H groups in total. The molecule has 0 saturated heterocycles. The lowest BCUT2D eigenvalue weighted by Crippen LogP contribution is -2.39. The molecule has 90 valence electrons. The third kappa shape index (κ3) is 2.27. The number of ether oxygens (including phenoxy) is 1. The van der Waals surface area contributed by atoms with Crippen molar-refractivity contribution >= 4 is 5.97 Å². The molecule has 0 aromatic carbocycles. The largest absolute Gasteiger partial charge is 0.469 e. The topological polar surface area (TPSA) is 45.3 Å². The van der Waals surface area contributed by atoms with Crippen molar-refractivity contribution in [1.82, 2.24) is 9.88 Å². The van der Waals surface area contributed by atoms with Crippen LogP contribution in [0.4, 0.5) is 0 Å². The number of methoxy groups -OCH3 is 1. The van der Waals surface area contributed by atoms with E-state index in [9.17, 15) is 4.79 Å². The van der Waals surface area contributed by atoms with E-state index in [4.69, 9.17) is 4.74 Å². The van der Waals surface area contributed by atoms with Gasteiger partial charge >= 0.3 is 5.97 Å². The molecule has 4 heteroatoms. The minimum atomic E-state index is -0.583. The maximum Gasteiger partial charge on any atom is 0.313 e. The standard InChI is InChI=1S/C12H20N2O2/c1-12(2,11(15)16-5)10(14(3)4)9-6-7-13-8-9/h6-8,10,13H,1-5H3. The van der Waals surface area contributed by atoms with Gasteiger partial charge < -0.3 is 14.6 Å². The van der Waals surface area contributed by atoms with Gasteiger partial charge in [0, 0.05) is 12.4 Å². The molecule has 0 aliphatic carbocycles. The van der Waals surface area contributed by atoms with Gasteiger partial charge in [-0.1, -0.05) is 0 Å². The first kappa shape index (κ1) is 12.8. The van der Waals surface area contributed by atoms with Crippen LogP contribution in [0.15, 0.2) is 18.5 Å². The Morgan fingerprint density at radius 3 is 2.50 bits per heavy atom. The third-order valence-electron chi connectivity index (χ3n) is 2.85. The maximum absolute atomic E-state index is 11.8. The van der Waals surface area contributed by atoms with E-state index in [-0.39, 0.29) is 12.0 Å². The fourth-order valence-corrected chi connectivity index (χ4v) is 2.24. The molecule has 0 amide bonds. The van der Waals surface area contributed by atoms with Crippen molar-refractivity contribution < 1.29 is 9.53 Å². The van der Waals surface area contributed by atoms with Crippen molar-refractivity contribution in [2.24, 2.45) is 5.41 Å². The second kappa shape index (κ2) is 4.70. The molecule has 1 heterocycles. The van der Waals surface area contributed by atoms with E-state index in [1.54, 1.807) is 0 Å². The second-order valence-electron chi connectivity index (χ2n) is 4.72. The van der Waals surface area contributed by atoms with Crippen molar-refractivity contribution in [3.05, 3.63) is 24.0 Å². The highest BCUT2D eigenvalue weighted by atomic mass is 16.5. The van der Waals surface area contributed by atoms with Gasteiger partial charge in [0.1, 0.15) is 0 Å². The predicted molar refractivity (Wildman–Crippen MR) is 63.0 cm³/mol. The number of rotatable bonds is 4. The quantitative estimate of drug-likeness (QED) is 0.793. The van der Waals surface area contributed by atoms with Gasteiger partial charge in [0.25, 0.3) is 0 Å². The molecule has 1 aromatic heterocycles. The number of aromatic nitrogens is 1. The summed E-state index contributed by atoms with van der Waals surface area (Å²) in [6.07, 6.45) is 3.77. The Labute approximate surface area is 96.6 Å². The monoisotopic (exact) mass is 224 g/mol. The van der Waals surface area contributed by atoms with Crippen molar-refractivity contribution in [2.45, 2.75) is 19.9 Å². The number of nitrogens with one attached hydrogen (secondary N) is 1. The van der Waals surface area contributed by atoms with Gasteiger partial charge in [0.15, 0.2) is 0 Å². The first-order chi connectivity index (χ1) is 7.41. The van der Waals surface area contributed by atoms with E-state index < -0.39 is 5.41 Å². The van der Waals surface area contributed by atoms with Crippen molar-refractivity contribution in [1.29, 1.82) is 0 Å². The molecule has 1 rings (SSSR count). The van der Waals surface area contributed by atoms with Crippen molar-refractivity contribution in [3.8, 4) is 0 Å². The van der Waals surface area contributed by atoms with Crippen LogP contribution in [0.5, 0.6) is 0 Å². The molecule has 1 atom stereocenters. The maximum atomic E-state index is 11.8. The summed E-state index contributed by atoms with van der Waals surface area (Å²) in [6.45, 7) is 3.80. The van der Waals surface area contributed by atoms with E-state index in [0.29, 0.717) is 0 Å². The van der Waals surface area contributed by atoms with E-state index >= 15 is 0 Å². The molecule has 16 heavy (non-hydrogen) atoms. The summed E-state index contributed by atoms with van der Waals surface area (Å²) >= 11 is 0. The van der Waals surface area contributed by atoms with Crippen LogP contribution in [0.2, 0.25) is 0 Å². The van der Waals surface area contributed by atoms with Crippen LogP contribution in [-0.2, 0) is 9.53 Å². The first-order valence-corrected chi connectivity index (χ1v) is 5.28. The molecule has 0 aliphatic rings. The normalized spacial score (nSPS) is 13.9. The van der Waals surface area contributed by atoms with E-state index in [0.717, 1.165) is 5.56 Å². The lowest BCUT2D eigenvalue weighted by Gasteiger charge is -2.36. The molecule has 0 fully saturated rings. The zero-order valence-electron chi connectivity index (χ0n) is 10.6. The zero-order valence-corrected chi connectivity index (χ0v) is 10.6. The van der Waals surface area contributed by atoms with Crippen LogP contribution in [0.1, 0.15) is 25.5 Å². The molecule has 1 unspecified atom stereocenters. The third-order valence-corrected chi connectivity index (χ3v) is 2.85. The molecule has 0 bridgehead atoms. The Morgan fingerprint density at radius 1 is 1.50 bits per heavy atom. The van der Waals surface area contributed by atoms with Crippen LogP contribution >= 0.6 is 0 Å². The summed E-state index contributed by atoms with van der Waals surface area (Å²) in [6, 6.07) is 1.97. The minimum Gasteiger partial charge on any atom is -0.469 e. The average molecular weight is 224 g/mol. The Morgan fingerprint density at radius 2 is 2.12 bits per heavy atom. The summed E-state index contributed by atoms with van der Waals surface area (Å²) in [5.41, 5.74) is 0.501. The molecular formula is C12H20N2O2. The number of carbonyl (C=O) groups excluding carboxylic acids is 1. The average Bonchev–Trinajstić information content (AvgIpc) is 2.68. The van der Waals surface area contributed by atoms with Crippen LogP contribution in [0.25, 0.3) is 0 Å². The second-order valence-corrected chi connectivity index (χ2v) is 4.72. The van der Waals surface area contributed by atoms with E-state index in [1.165, 1.54) is 7.11 Å². The summed E-state index contributed by atoms with van der Waals surface area (Å²) in [7, 11) is 5.35. The highest BCUT2D eigenvalue weighted by Gasteiger charge is 2.40. The summed E-state index contributed by atoms with van der Waals surface area (Å²) in [5, 5.41) is 0. The Hall–Kier alpha value is -1.29. The highest BCUT2D eigenvalue weighted by molar-refractivity contribution is 5.77. The van der Waals surface area contributed by atoms with Gasteiger partial charge in [-0.15, -0.1) is 0 Å². The van der Waals surface area contributed by atoms with Crippen LogP contribution in [-0.4, -0.2) is 37.1 Å². The fraction of sp³-hybridized carbons (Fsp3) is 0.583. The number of H-pyrrole nitrogens is 1. The smallest absolute Gasteiger partial charge is 0.313 e. The number of nitrogens with zero attached hydrogens (tertiary/aromatic N) is 1. The van der Waals surface area contributed by atoms with Crippen molar-refractivity contribution in [2.75, 3.05) is 21.2 Å². The highest BCUT2D eigenvalue weighted by Crippen LogP contribution is 2.37. The molecule has 4 nitrogen and oxygen atoms in total. The predicted octanol–water partition coefficient (Wildman–Crippen LogP) is 1.82. The Bertz CT molecular complexity index is 342. The lowest BCUT2D eigenvalue weighted by molar-refractivity contribution is -0.154. The number of hydrogen-bond acceptors (Lipinski definition) is 3. The number of aromatic amines is 1. The van der Waals surface area contributed by atoms with Crippen molar-refractivity contribution in [3.63, 3.8) is 0 Å². The molecule has 0 radical (unpaired) electrons. The number of esters is 1. The summed E-state index contributed by atoms with van der Waals surface area (Å²) in [4.78, 5) is 16.9. The van der Waals surface area contributed by atoms with Gasteiger partial charge in [-0.05, 0) is 39.6 Å². The number of hydrogen-bond donors (Lipinski definition) is 1. The first-order valence-electron chi connectivity index (χ1n) is 5.28. The van der Waals surface area contributed by atoms with Gasteiger partial charge in [0.2, 0.25) is 0 Å². The lowest BCUT2D eigenvalue weighted by atomic mass is 9.80. The Kier molecular flexibility index (Phi) is 3.75. The van der Waals surface area contributed by atoms with E-state index in [2.05, 4.69) is 4.98 Å². The molecule has 1 aromatic rings. The SMILES string of the molecule is COC(=O)C(C)(C)C(c1cc[nH]c1)N(C)C. The fourth-order valence-electron chi connectivity index (χ4n) is 2.24. The van der Waals surface area contributed by atoms with E-state index in [1.807, 2.05) is 51.3 Å². The summed E-state index contributed by atoms with van der Waals surface area (Å²) < 4.78 is 4.87. The van der Waals surface area contributed by atoms with Crippen LogP contribution in [0, 0.1) is 5.41 Å². The molecule has 0 aliphatic heterocycles. The summed E-state index contributed by atoms with van der Waals surface area (Å²) in [5.74, 6) is -0.201. The molecule has 0 spiro atoms. The molecule has 0 saturated carbocycles. The van der Waals surface area contributed by atoms with Gasteiger partial charge in [-0.3, -0.25) is 4.79 Å². The molecular weight excluding hydrogens is 204 g/mol. The van der Waals surface area contributed by atoms with Crippen LogP contribution in [0.3, 0.4) is 0 Å². The number of carbonyl (C=O) groups is 1. The van der Waals surface area contributed by atoms with Crippen LogP contribution < -0.4 is 0 Å². The van der Waals surface area contributed by atoms with Gasteiger partial charge in [0.05, 0.1) is 18.6 Å². The van der Waals surface area contributed by atoms with Gasteiger partial charge in [-0.25, -0.2) is 0 Å². The Balaban J connectivity index is 3.08. The zero-order chi connectivity index (χ0) is 12.3.